The Labute approximate surface area is 98.8 Å². The fourth-order valence-corrected chi connectivity index (χ4v) is 1.50. The highest BCUT2D eigenvalue weighted by Crippen LogP contribution is 2.25. The third-order valence-corrected chi connectivity index (χ3v) is 2.32. The Morgan fingerprint density at radius 1 is 1.47 bits per heavy atom. The molecule has 1 N–H and O–H groups in total. The van der Waals surface area contributed by atoms with Gasteiger partial charge in [0.1, 0.15) is 6.33 Å². The molecule has 2 aromatic rings. The molecule has 0 radical (unpaired) electrons. The van der Waals surface area contributed by atoms with Crippen LogP contribution in [0.2, 0.25) is 0 Å². The zero-order chi connectivity index (χ0) is 12.3. The van der Waals surface area contributed by atoms with Crippen molar-refractivity contribution in [2.45, 2.75) is 0 Å². The maximum absolute atomic E-state index is 11.3. The van der Waals surface area contributed by atoms with Gasteiger partial charge in [0.05, 0.1) is 5.69 Å². The Morgan fingerprint density at radius 3 is 2.88 bits per heavy atom. The summed E-state index contributed by atoms with van der Waals surface area (Å²) in [5, 5.41) is 10.6. The van der Waals surface area contributed by atoms with Crippen LogP contribution in [-0.2, 0) is 11.8 Å². The lowest BCUT2D eigenvalue weighted by Gasteiger charge is -2.08. The molecule has 0 bridgehead atoms. The third kappa shape index (κ3) is 2.23. The summed E-state index contributed by atoms with van der Waals surface area (Å²) in [4.78, 5) is 11.3. The van der Waals surface area contributed by atoms with E-state index in [1.165, 1.54) is 6.08 Å². The molecule has 17 heavy (non-hydrogen) atoms. The number of benzene rings is 1. The fraction of sp³-hybridized carbons (Fsp3) is 0.0833. The normalized spacial score (nSPS) is 9.94. The molecule has 1 aromatic carbocycles. The summed E-state index contributed by atoms with van der Waals surface area (Å²) in [6, 6.07) is 7.42. The van der Waals surface area contributed by atoms with Gasteiger partial charge in [-0.3, -0.25) is 4.79 Å². The van der Waals surface area contributed by atoms with Crippen molar-refractivity contribution in [2.75, 3.05) is 5.32 Å². The maximum atomic E-state index is 11.3. The van der Waals surface area contributed by atoms with E-state index in [-0.39, 0.29) is 5.91 Å². The molecule has 0 aliphatic heterocycles. The van der Waals surface area contributed by atoms with Gasteiger partial charge in [-0.25, -0.2) is 0 Å². The van der Waals surface area contributed by atoms with Crippen LogP contribution >= 0.6 is 0 Å². The van der Waals surface area contributed by atoms with Crippen molar-refractivity contribution in [1.29, 1.82) is 0 Å². The first-order valence-electron chi connectivity index (χ1n) is 5.09. The largest absolute Gasteiger partial charge is 0.322 e. The Kier molecular flexibility index (Phi) is 3.00. The van der Waals surface area contributed by atoms with Gasteiger partial charge >= 0.3 is 0 Å². The summed E-state index contributed by atoms with van der Waals surface area (Å²) >= 11 is 0. The third-order valence-electron chi connectivity index (χ3n) is 2.32. The highest BCUT2D eigenvalue weighted by molar-refractivity contribution is 6.01. The number of carbonyl (C=O) groups excluding carboxylic acids is 1. The van der Waals surface area contributed by atoms with Gasteiger partial charge in [-0.1, -0.05) is 18.7 Å². The number of hydrogen-bond acceptors (Lipinski definition) is 3. The first kappa shape index (κ1) is 11.1. The molecule has 86 valence electrons. The molecule has 5 heteroatoms. The van der Waals surface area contributed by atoms with E-state index < -0.39 is 0 Å². The summed E-state index contributed by atoms with van der Waals surface area (Å²) in [6.07, 6.45) is 2.84. The minimum atomic E-state index is -0.250. The molecule has 0 aliphatic carbocycles. The summed E-state index contributed by atoms with van der Waals surface area (Å²) in [5.74, 6) is 0.449. The maximum Gasteiger partial charge on any atom is 0.247 e. The predicted octanol–water partition coefficient (Wildman–Crippen LogP) is 1.61. The van der Waals surface area contributed by atoms with E-state index in [9.17, 15) is 4.79 Å². The topological polar surface area (TPSA) is 59.8 Å². The number of hydrogen-bond donors (Lipinski definition) is 1. The molecular weight excluding hydrogens is 216 g/mol. The van der Waals surface area contributed by atoms with E-state index in [1.54, 1.807) is 10.9 Å². The molecule has 5 nitrogen and oxygen atoms in total. The van der Waals surface area contributed by atoms with Gasteiger partial charge in [0.25, 0.3) is 0 Å². The van der Waals surface area contributed by atoms with Crippen LogP contribution in [0.15, 0.2) is 43.2 Å². The number of nitrogens with zero attached hydrogens (tertiary/aromatic N) is 3. The van der Waals surface area contributed by atoms with E-state index in [2.05, 4.69) is 22.1 Å². The summed E-state index contributed by atoms with van der Waals surface area (Å²) in [6.45, 7) is 3.42. The van der Waals surface area contributed by atoms with Crippen LogP contribution in [0.5, 0.6) is 0 Å². The second-order valence-electron chi connectivity index (χ2n) is 3.50. The van der Waals surface area contributed by atoms with Crippen LogP contribution < -0.4 is 5.32 Å². The van der Waals surface area contributed by atoms with Crippen LogP contribution in [-0.4, -0.2) is 20.7 Å². The molecule has 0 fully saturated rings. The van der Waals surface area contributed by atoms with Gasteiger partial charge < -0.3 is 9.88 Å². The average molecular weight is 228 g/mol. The first-order chi connectivity index (χ1) is 8.22. The van der Waals surface area contributed by atoms with E-state index >= 15 is 0 Å². The number of anilines is 1. The van der Waals surface area contributed by atoms with Gasteiger partial charge in [0.15, 0.2) is 5.82 Å². The molecule has 0 spiro atoms. The fourth-order valence-electron chi connectivity index (χ4n) is 1.50. The predicted molar refractivity (Wildman–Crippen MR) is 65.3 cm³/mol. The number of rotatable bonds is 3. The van der Waals surface area contributed by atoms with Crippen molar-refractivity contribution >= 4 is 11.6 Å². The van der Waals surface area contributed by atoms with Crippen LogP contribution in [0.25, 0.3) is 11.4 Å². The summed E-state index contributed by atoms with van der Waals surface area (Å²) in [5.41, 5.74) is 1.51. The lowest BCUT2D eigenvalue weighted by Crippen LogP contribution is -2.09. The Morgan fingerprint density at radius 2 is 2.24 bits per heavy atom. The monoisotopic (exact) mass is 228 g/mol. The molecule has 0 saturated heterocycles. The SMILES string of the molecule is C=CC(=O)Nc1ccccc1-c1nncn1C. The van der Waals surface area contributed by atoms with Gasteiger partial charge in [0, 0.05) is 12.6 Å². The highest BCUT2D eigenvalue weighted by atomic mass is 16.1. The second kappa shape index (κ2) is 4.61. The van der Waals surface area contributed by atoms with Crippen molar-refractivity contribution in [1.82, 2.24) is 14.8 Å². The van der Waals surface area contributed by atoms with Gasteiger partial charge in [-0.05, 0) is 18.2 Å². The molecule has 1 amide bonds. The zero-order valence-electron chi connectivity index (χ0n) is 9.42. The summed E-state index contributed by atoms with van der Waals surface area (Å²) < 4.78 is 1.79. The molecule has 0 saturated carbocycles. The molecule has 0 aliphatic rings. The number of carbonyl (C=O) groups is 1. The van der Waals surface area contributed by atoms with E-state index in [4.69, 9.17) is 0 Å². The van der Waals surface area contributed by atoms with Gasteiger partial charge in [-0.15, -0.1) is 10.2 Å². The van der Waals surface area contributed by atoms with Crippen LogP contribution in [0.4, 0.5) is 5.69 Å². The molecule has 0 unspecified atom stereocenters. The van der Waals surface area contributed by atoms with Gasteiger partial charge in [-0.2, -0.15) is 0 Å². The Balaban J connectivity index is 2.44. The summed E-state index contributed by atoms with van der Waals surface area (Å²) in [7, 11) is 1.85. The van der Waals surface area contributed by atoms with Crippen molar-refractivity contribution in [2.24, 2.45) is 7.05 Å². The van der Waals surface area contributed by atoms with E-state index in [0.717, 1.165) is 5.56 Å². The van der Waals surface area contributed by atoms with E-state index in [1.807, 2.05) is 31.3 Å². The minimum Gasteiger partial charge on any atom is -0.322 e. The lowest BCUT2D eigenvalue weighted by atomic mass is 10.1. The smallest absolute Gasteiger partial charge is 0.247 e. The second-order valence-corrected chi connectivity index (χ2v) is 3.50. The van der Waals surface area contributed by atoms with Crippen molar-refractivity contribution < 1.29 is 4.79 Å². The molecule has 1 heterocycles. The average Bonchev–Trinajstić information content (AvgIpc) is 2.76. The standard InChI is InChI=1S/C12H12N4O/c1-3-11(17)14-10-7-5-4-6-9(10)12-15-13-8-16(12)2/h3-8H,1H2,2H3,(H,14,17). The minimum absolute atomic E-state index is 0.250. The zero-order valence-corrected chi connectivity index (χ0v) is 9.42. The van der Waals surface area contributed by atoms with Crippen LogP contribution in [0.1, 0.15) is 0 Å². The Hall–Kier alpha value is -2.43. The van der Waals surface area contributed by atoms with Crippen LogP contribution in [0, 0.1) is 0 Å². The number of para-hydroxylation sites is 1. The lowest BCUT2D eigenvalue weighted by molar-refractivity contribution is -0.111. The van der Waals surface area contributed by atoms with Gasteiger partial charge in [0.2, 0.25) is 5.91 Å². The van der Waals surface area contributed by atoms with Crippen molar-refractivity contribution in [3.63, 3.8) is 0 Å². The quantitative estimate of drug-likeness (QED) is 0.812. The first-order valence-corrected chi connectivity index (χ1v) is 5.09. The van der Waals surface area contributed by atoms with Crippen LogP contribution in [0.3, 0.4) is 0 Å². The molecule has 1 aromatic heterocycles. The highest BCUT2D eigenvalue weighted by Gasteiger charge is 2.10. The molecular formula is C12H12N4O. The number of aromatic nitrogens is 3. The van der Waals surface area contributed by atoms with Crippen molar-refractivity contribution in [3.05, 3.63) is 43.2 Å². The Bertz CT molecular complexity index is 559. The number of nitrogens with one attached hydrogen (secondary N) is 1. The number of aryl methyl sites for hydroxylation is 1. The number of amides is 1. The van der Waals surface area contributed by atoms with Crippen molar-refractivity contribution in [3.8, 4) is 11.4 Å². The molecule has 0 atom stereocenters. The molecule has 2 rings (SSSR count). The van der Waals surface area contributed by atoms with E-state index in [0.29, 0.717) is 11.5 Å².